The second-order valence-corrected chi connectivity index (χ2v) is 5.96. The molecule has 0 aliphatic heterocycles. The van der Waals surface area contributed by atoms with E-state index in [4.69, 9.17) is 0 Å². The molecular weight excluding hydrogens is 292 g/mol. The van der Waals surface area contributed by atoms with E-state index in [0.29, 0.717) is 4.34 Å². The summed E-state index contributed by atoms with van der Waals surface area (Å²) in [7, 11) is 0. The van der Waals surface area contributed by atoms with Gasteiger partial charge in [0, 0.05) is 11.8 Å². The summed E-state index contributed by atoms with van der Waals surface area (Å²) in [5.41, 5.74) is 0.220. The Balaban J connectivity index is 1.88. The van der Waals surface area contributed by atoms with E-state index in [1.807, 2.05) is 6.92 Å². The maximum absolute atomic E-state index is 12.9. The molecule has 8 heteroatoms. The minimum absolute atomic E-state index is 0.133. The van der Waals surface area contributed by atoms with Crippen molar-refractivity contribution in [3.8, 4) is 0 Å². The van der Waals surface area contributed by atoms with Crippen molar-refractivity contribution in [3.63, 3.8) is 0 Å². The summed E-state index contributed by atoms with van der Waals surface area (Å²) < 4.78 is 26.3. The lowest BCUT2D eigenvalue weighted by atomic mass is 10.3. The number of carbonyl (C=O) groups is 1. The standard InChI is InChI=1S/C11H9F2N3OS2/c1-6-15-16-11(19-6)18-5-10(17)14-7-2-3-8(12)9(13)4-7/h2-4H,5H2,1H3,(H,14,17). The number of anilines is 1. The minimum atomic E-state index is -0.995. The highest BCUT2D eigenvalue weighted by Crippen LogP contribution is 2.22. The molecule has 2 rings (SSSR count). The third-order valence-corrected chi connectivity index (χ3v) is 4.01. The quantitative estimate of drug-likeness (QED) is 0.882. The van der Waals surface area contributed by atoms with Gasteiger partial charge in [0.05, 0.1) is 5.75 Å². The van der Waals surface area contributed by atoms with Gasteiger partial charge < -0.3 is 5.32 Å². The van der Waals surface area contributed by atoms with Gasteiger partial charge in [0.15, 0.2) is 16.0 Å². The molecule has 0 fully saturated rings. The van der Waals surface area contributed by atoms with Crippen molar-refractivity contribution >= 4 is 34.7 Å². The van der Waals surface area contributed by atoms with Gasteiger partial charge >= 0.3 is 0 Å². The lowest BCUT2D eigenvalue weighted by Gasteiger charge is -2.04. The summed E-state index contributed by atoms with van der Waals surface area (Å²) >= 11 is 2.63. The van der Waals surface area contributed by atoms with Crippen LogP contribution in [0, 0.1) is 18.6 Å². The lowest BCUT2D eigenvalue weighted by Crippen LogP contribution is -2.14. The van der Waals surface area contributed by atoms with E-state index in [9.17, 15) is 13.6 Å². The van der Waals surface area contributed by atoms with Crippen LogP contribution in [0.4, 0.5) is 14.5 Å². The Hall–Kier alpha value is -1.54. The predicted octanol–water partition coefficient (Wildman–Crippen LogP) is 2.86. The molecule has 0 atom stereocenters. The number of aryl methyl sites for hydroxylation is 1. The molecule has 0 radical (unpaired) electrons. The molecule has 0 saturated carbocycles. The highest BCUT2D eigenvalue weighted by molar-refractivity contribution is 8.01. The average molecular weight is 301 g/mol. The van der Waals surface area contributed by atoms with Crippen LogP contribution in [-0.2, 0) is 4.79 Å². The third kappa shape index (κ3) is 3.97. The van der Waals surface area contributed by atoms with Gasteiger partial charge in [-0.05, 0) is 19.1 Å². The fourth-order valence-electron chi connectivity index (χ4n) is 1.23. The van der Waals surface area contributed by atoms with Gasteiger partial charge in [-0.15, -0.1) is 10.2 Å². The van der Waals surface area contributed by atoms with Crippen molar-refractivity contribution < 1.29 is 13.6 Å². The molecule has 4 nitrogen and oxygen atoms in total. The Morgan fingerprint density at radius 3 is 2.79 bits per heavy atom. The predicted molar refractivity (Wildman–Crippen MR) is 70.4 cm³/mol. The van der Waals surface area contributed by atoms with Gasteiger partial charge in [0.2, 0.25) is 5.91 Å². The highest BCUT2D eigenvalue weighted by Gasteiger charge is 2.08. The summed E-state index contributed by atoms with van der Waals surface area (Å²) in [6.45, 7) is 1.82. The van der Waals surface area contributed by atoms with E-state index < -0.39 is 11.6 Å². The van der Waals surface area contributed by atoms with Crippen LogP contribution in [0.1, 0.15) is 5.01 Å². The monoisotopic (exact) mass is 301 g/mol. The fraction of sp³-hybridized carbons (Fsp3) is 0.182. The summed E-state index contributed by atoms with van der Waals surface area (Å²) in [6.07, 6.45) is 0. The molecule has 0 aliphatic carbocycles. The van der Waals surface area contributed by atoms with Gasteiger partial charge in [0.1, 0.15) is 5.01 Å². The van der Waals surface area contributed by atoms with E-state index in [0.717, 1.165) is 17.1 Å². The second kappa shape index (κ2) is 6.07. The molecule has 2 aromatic rings. The van der Waals surface area contributed by atoms with E-state index >= 15 is 0 Å². The molecule has 1 amide bonds. The number of halogens is 2. The largest absolute Gasteiger partial charge is 0.325 e. The Morgan fingerprint density at radius 1 is 1.37 bits per heavy atom. The molecule has 1 aromatic carbocycles. The van der Waals surface area contributed by atoms with Crippen LogP contribution < -0.4 is 5.32 Å². The van der Waals surface area contributed by atoms with E-state index in [-0.39, 0.29) is 17.3 Å². The Bertz CT molecular complexity index is 603. The van der Waals surface area contributed by atoms with Crippen molar-refractivity contribution in [1.82, 2.24) is 10.2 Å². The van der Waals surface area contributed by atoms with Crippen LogP contribution in [-0.4, -0.2) is 21.9 Å². The van der Waals surface area contributed by atoms with Crippen molar-refractivity contribution in [2.45, 2.75) is 11.3 Å². The van der Waals surface area contributed by atoms with Gasteiger partial charge in [-0.25, -0.2) is 8.78 Å². The number of nitrogens with one attached hydrogen (secondary N) is 1. The number of amides is 1. The number of hydrogen-bond acceptors (Lipinski definition) is 5. The molecule has 1 N–H and O–H groups in total. The zero-order valence-corrected chi connectivity index (χ0v) is 11.4. The van der Waals surface area contributed by atoms with Crippen LogP contribution >= 0.6 is 23.1 Å². The van der Waals surface area contributed by atoms with Crippen LogP contribution in [0.15, 0.2) is 22.5 Å². The molecule has 19 heavy (non-hydrogen) atoms. The molecule has 0 spiro atoms. The lowest BCUT2D eigenvalue weighted by molar-refractivity contribution is -0.113. The van der Waals surface area contributed by atoms with Crippen molar-refractivity contribution in [3.05, 3.63) is 34.8 Å². The number of thioether (sulfide) groups is 1. The van der Waals surface area contributed by atoms with Gasteiger partial charge in [-0.1, -0.05) is 23.1 Å². The van der Waals surface area contributed by atoms with E-state index in [1.165, 1.54) is 29.2 Å². The first-order valence-electron chi connectivity index (χ1n) is 5.22. The summed E-state index contributed by atoms with van der Waals surface area (Å²) in [4.78, 5) is 11.6. The smallest absolute Gasteiger partial charge is 0.234 e. The van der Waals surface area contributed by atoms with Crippen LogP contribution in [0.5, 0.6) is 0 Å². The summed E-state index contributed by atoms with van der Waals surface area (Å²) in [5.74, 6) is -2.13. The molecule has 0 aliphatic rings. The molecule has 0 saturated heterocycles. The third-order valence-electron chi connectivity index (χ3n) is 2.04. The molecule has 100 valence electrons. The molecule has 1 heterocycles. The van der Waals surface area contributed by atoms with Gasteiger partial charge in [-0.3, -0.25) is 4.79 Å². The summed E-state index contributed by atoms with van der Waals surface area (Å²) in [5, 5.41) is 11.0. The first kappa shape index (κ1) is 13.9. The fourth-order valence-corrected chi connectivity index (χ4v) is 2.85. The molecular formula is C11H9F2N3OS2. The zero-order chi connectivity index (χ0) is 13.8. The first-order valence-corrected chi connectivity index (χ1v) is 7.02. The zero-order valence-electron chi connectivity index (χ0n) is 9.81. The first-order chi connectivity index (χ1) is 9.04. The average Bonchev–Trinajstić information content (AvgIpc) is 2.77. The Morgan fingerprint density at radius 2 is 2.16 bits per heavy atom. The van der Waals surface area contributed by atoms with Gasteiger partial charge in [-0.2, -0.15) is 0 Å². The number of benzene rings is 1. The number of aromatic nitrogens is 2. The van der Waals surface area contributed by atoms with Gasteiger partial charge in [0.25, 0.3) is 0 Å². The number of nitrogens with zero attached hydrogens (tertiary/aromatic N) is 2. The maximum atomic E-state index is 12.9. The number of carbonyl (C=O) groups excluding carboxylic acids is 1. The highest BCUT2D eigenvalue weighted by atomic mass is 32.2. The van der Waals surface area contributed by atoms with Crippen molar-refractivity contribution in [2.24, 2.45) is 0 Å². The van der Waals surface area contributed by atoms with Crippen LogP contribution in [0.2, 0.25) is 0 Å². The minimum Gasteiger partial charge on any atom is -0.325 e. The van der Waals surface area contributed by atoms with Crippen LogP contribution in [0.25, 0.3) is 0 Å². The van der Waals surface area contributed by atoms with Crippen molar-refractivity contribution in [1.29, 1.82) is 0 Å². The second-order valence-electron chi connectivity index (χ2n) is 3.55. The molecule has 0 unspecified atom stereocenters. The maximum Gasteiger partial charge on any atom is 0.234 e. The Labute approximate surface area is 116 Å². The SMILES string of the molecule is Cc1nnc(SCC(=O)Nc2ccc(F)c(F)c2)s1. The van der Waals surface area contributed by atoms with E-state index in [2.05, 4.69) is 15.5 Å². The normalized spacial score (nSPS) is 10.5. The Kier molecular flexibility index (Phi) is 4.43. The number of rotatable bonds is 4. The summed E-state index contributed by atoms with van der Waals surface area (Å²) in [6, 6.07) is 3.20. The van der Waals surface area contributed by atoms with Crippen molar-refractivity contribution in [2.75, 3.05) is 11.1 Å². The molecule has 0 bridgehead atoms. The van der Waals surface area contributed by atoms with Crippen LogP contribution in [0.3, 0.4) is 0 Å². The topological polar surface area (TPSA) is 54.9 Å². The number of hydrogen-bond donors (Lipinski definition) is 1. The molecule has 1 aromatic heterocycles. The van der Waals surface area contributed by atoms with E-state index in [1.54, 1.807) is 0 Å².